The number of nitrogens with one attached hydrogen (secondary N) is 3. The fraction of sp³-hybridized carbons (Fsp3) is 0.500. The molecule has 0 saturated carbocycles. The topological polar surface area (TPSA) is 78.4 Å². The van der Waals surface area contributed by atoms with Gasteiger partial charge in [-0.05, 0) is 24.8 Å². The van der Waals surface area contributed by atoms with Crippen LogP contribution in [0, 0.1) is 6.92 Å². The van der Waals surface area contributed by atoms with Crippen LogP contribution in [-0.4, -0.2) is 49.0 Å². The zero-order valence-electron chi connectivity index (χ0n) is 12.8. The minimum absolute atomic E-state index is 0.0709. The minimum Gasteiger partial charge on any atom is -0.356 e. The van der Waals surface area contributed by atoms with Gasteiger partial charge in [0.05, 0.1) is 0 Å². The summed E-state index contributed by atoms with van der Waals surface area (Å²) in [6.45, 7) is 3.33. The Labute approximate surface area is 130 Å². The smallest absolute Gasteiger partial charge is 0.227 e. The van der Waals surface area contributed by atoms with E-state index >= 15 is 0 Å². The van der Waals surface area contributed by atoms with Gasteiger partial charge in [0.2, 0.25) is 5.91 Å². The first kappa shape index (κ1) is 17.3. The molecule has 0 aliphatic heterocycles. The van der Waals surface area contributed by atoms with Gasteiger partial charge in [0.15, 0.2) is 5.96 Å². The van der Waals surface area contributed by atoms with E-state index in [9.17, 15) is 4.79 Å². The van der Waals surface area contributed by atoms with Crippen LogP contribution in [0.15, 0.2) is 23.3 Å². The van der Waals surface area contributed by atoms with E-state index < -0.39 is 0 Å². The van der Waals surface area contributed by atoms with Crippen molar-refractivity contribution >= 4 is 29.4 Å². The molecule has 116 valence electrons. The SMILES string of the molecule is CN=C(NCCSC)NCCC(=O)Nc1ccc(C)cn1. The average Bonchev–Trinajstić information content (AvgIpc) is 2.48. The molecule has 0 radical (unpaired) electrons. The fourth-order valence-corrected chi connectivity index (χ4v) is 1.84. The Balaban J connectivity index is 2.24. The second kappa shape index (κ2) is 10.0. The Morgan fingerprint density at radius 3 is 2.71 bits per heavy atom. The van der Waals surface area contributed by atoms with Crippen LogP contribution in [0.5, 0.6) is 0 Å². The molecule has 0 saturated heterocycles. The van der Waals surface area contributed by atoms with Crippen molar-refractivity contribution in [1.29, 1.82) is 0 Å². The van der Waals surface area contributed by atoms with Crippen LogP contribution in [0.3, 0.4) is 0 Å². The summed E-state index contributed by atoms with van der Waals surface area (Å²) in [5.41, 5.74) is 1.06. The zero-order valence-corrected chi connectivity index (χ0v) is 13.6. The first-order valence-corrected chi connectivity index (χ1v) is 8.21. The molecule has 7 heteroatoms. The summed E-state index contributed by atoms with van der Waals surface area (Å²) in [6, 6.07) is 3.71. The van der Waals surface area contributed by atoms with E-state index in [4.69, 9.17) is 0 Å². The van der Waals surface area contributed by atoms with Crippen LogP contribution < -0.4 is 16.0 Å². The van der Waals surface area contributed by atoms with Crippen LogP contribution in [0.2, 0.25) is 0 Å². The molecule has 3 N–H and O–H groups in total. The van der Waals surface area contributed by atoms with Crippen LogP contribution in [-0.2, 0) is 4.79 Å². The quantitative estimate of drug-likeness (QED) is 0.401. The van der Waals surface area contributed by atoms with Crippen molar-refractivity contribution in [2.45, 2.75) is 13.3 Å². The van der Waals surface area contributed by atoms with E-state index in [2.05, 4.69) is 32.2 Å². The van der Waals surface area contributed by atoms with Crippen LogP contribution in [0.4, 0.5) is 5.82 Å². The molecule has 1 rings (SSSR count). The van der Waals surface area contributed by atoms with Crippen molar-refractivity contribution in [3.8, 4) is 0 Å². The highest BCUT2D eigenvalue weighted by Crippen LogP contribution is 2.03. The number of carbonyl (C=O) groups is 1. The van der Waals surface area contributed by atoms with Crippen molar-refractivity contribution in [2.24, 2.45) is 4.99 Å². The number of aliphatic imine (C=N–C) groups is 1. The maximum atomic E-state index is 11.8. The van der Waals surface area contributed by atoms with Crippen LogP contribution in [0.1, 0.15) is 12.0 Å². The first-order chi connectivity index (χ1) is 10.2. The zero-order chi connectivity index (χ0) is 15.5. The number of thioether (sulfide) groups is 1. The summed E-state index contributed by atoms with van der Waals surface area (Å²) in [7, 11) is 1.71. The molecule has 0 spiro atoms. The van der Waals surface area contributed by atoms with Crippen LogP contribution in [0.25, 0.3) is 0 Å². The summed E-state index contributed by atoms with van der Waals surface area (Å²) >= 11 is 1.77. The number of hydrogen-bond donors (Lipinski definition) is 3. The Hall–Kier alpha value is -1.76. The number of aromatic nitrogens is 1. The first-order valence-electron chi connectivity index (χ1n) is 6.81. The number of anilines is 1. The third-order valence-electron chi connectivity index (χ3n) is 2.65. The maximum Gasteiger partial charge on any atom is 0.227 e. The van der Waals surface area contributed by atoms with Gasteiger partial charge in [0.25, 0.3) is 0 Å². The Kier molecular flexibility index (Phi) is 8.27. The largest absolute Gasteiger partial charge is 0.356 e. The summed E-state index contributed by atoms with van der Waals surface area (Å²) in [4.78, 5) is 20.0. The third kappa shape index (κ3) is 7.55. The van der Waals surface area contributed by atoms with E-state index in [1.54, 1.807) is 31.1 Å². The number of nitrogens with zero attached hydrogens (tertiary/aromatic N) is 2. The monoisotopic (exact) mass is 309 g/mol. The molecule has 0 aliphatic rings. The molecule has 0 fully saturated rings. The fourth-order valence-electron chi connectivity index (χ4n) is 1.53. The molecule has 1 aromatic heterocycles. The Morgan fingerprint density at radius 2 is 2.10 bits per heavy atom. The summed E-state index contributed by atoms with van der Waals surface area (Å²) in [6.07, 6.45) is 4.14. The van der Waals surface area contributed by atoms with Gasteiger partial charge >= 0.3 is 0 Å². The maximum absolute atomic E-state index is 11.8. The molecule has 0 bridgehead atoms. The molecule has 1 amide bonds. The summed E-state index contributed by atoms with van der Waals surface area (Å²) in [5.74, 6) is 2.23. The number of hydrogen-bond acceptors (Lipinski definition) is 4. The van der Waals surface area contributed by atoms with Gasteiger partial charge in [-0.3, -0.25) is 9.79 Å². The lowest BCUT2D eigenvalue weighted by Crippen LogP contribution is -2.39. The molecule has 6 nitrogen and oxygen atoms in total. The number of amides is 1. The number of rotatable bonds is 7. The van der Waals surface area contributed by atoms with Gasteiger partial charge in [-0.25, -0.2) is 4.98 Å². The van der Waals surface area contributed by atoms with E-state index in [0.717, 1.165) is 17.9 Å². The predicted molar refractivity (Wildman–Crippen MR) is 90.0 cm³/mol. The molecule has 0 aromatic carbocycles. The normalized spacial score (nSPS) is 11.1. The molecule has 21 heavy (non-hydrogen) atoms. The summed E-state index contributed by atoms with van der Waals surface area (Å²) in [5, 5.41) is 9.04. The molecule has 0 unspecified atom stereocenters. The highest BCUT2D eigenvalue weighted by molar-refractivity contribution is 7.98. The van der Waals surface area contributed by atoms with E-state index in [0.29, 0.717) is 24.7 Å². The minimum atomic E-state index is -0.0709. The van der Waals surface area contributed by atoms with Crippen molar-refractivity contribution in [3.05, 3.63) is 23.9 Å². The molecular weight excluding hydrogens is 286 g/mol. The van der Waals surface area contributed by atoms with Gasteiger partial charge in [-0.15, -0.1) is 0 Å². The second-order valence-corrected chi connectivity index (χ2v) is 5.42. The number of carbonyl (C=O) groups excluding carboxylic acids is 1. The van der Waals surface area contributed by atoms with Crippen molar-refractivity contribution in [2.75, 3.05) is 37.5 Å². The Morgan fingerprint density at radius 1 is 1.33 bits per heavy atom. The summed E-state index contributed by atoms with van der Waals surface area (Å²) < 4.78 is 0. The molecule has 0 atom stereocenters. The van der Waals surface area contributed by atoms with E-state index in [-0.39, 0.29) is 5.91 Å². The van der Waals surface area contributed by atoms with Gasteiger partial charge in [0, 0.05) is 38.5 Å². The lowest BCUT2D eigenvalue weighted by atomic mass is 10.3. The molecule has 1 aromatic rings. The van der Waals surface area contributed by atoms with Crippen molar-refractivity contribution in [3.63, 3.8) is 0 Å². The Bertz CT molecular complexity index is 461. The number of pyridine rings is 1. The van der Waals surface area contributed by atoms with Gasteiger partial charge in [-0.1, -0.05) is 6.07 Å². The molecule has 0 aliphatic carbocycles. The van der Waals surface area contributed by atoms with Gasteiger partial charge in [-0.2, -0.15) is 11.8 Å². The predicted octanol–water partition coefficient (Wildman–Crippen LogP) is 1.25. The molecule has 1 heterocycles. The third-order valence-corrected chi connectivity index (χ3v) is 3.26. The number of aryl methyl sites for hydroxylation is 1. The van der Waals surface area contributed by atoms with Crippen molar-refractivity contribution in [1.82, 2.24) is 15.6 Å². The highest BCUT2D eigenvalue weighted by atomic mass is 32.2. The number of guanidine groups is 1. The van der Waals surface area contributed by atoms with Crippen LogP contribution >= 0.6 is 11.8 Å². The lowest BCUT2D eigenvalue weighted by molar-refractivity contribution is -0.116. The highest BCUT2D eigenvalue weighted by Gasteiger charge is 2.04. The lowest BCUT2D eigenvalue weighted by Gasteiger charge is -2.11. The second-order valence-electron chi connectivity index (χ2n) is 4.44. The van der Waals surface area contributed by atoms with Gasteiger partial charge < -0.3 is 16.0 Å². The van der Waals surface area contributed by atoms with Gasteiger partial charge in [0.1, 0.15) is 5.82 Å². The van der Waals surface area contributed by atoms with E-state index in [1.807, 2.05) is 13.0 Å². The standard InChI is InChI=1S/C14H23N5OS/c1-11-4-5-12(18-10-11)19-13(20)6-7-16-14(15-2)17-8-9-21-3/h4-5,10H,6-9H2,1-3H3,(H2,15,16,17)(H,18,19,20). The molecular formula is C14H23N5OS. The van der Waals surface area contributed by atoms with E-state index in [1.165, 1.54) is 0 Å². The van der Waals surface area contributed by atoms with Crippen molar-refractivity contribution < 1.29 is 4.79 Å². The average molecular weight is 309 g/mol.